The number of hydrogen-bond donors (Lipinski definition) is 3. The van der Waals surface area contributed by atoms with Gasteiger partial charge in [0.05, 0.1) is 6.10 Å². The van der Waals surface area contributed by atoms with Crippen molar-refractivity contribution >= 4 is 5.97 Å². The smallest absolute Gasteiger partial charge is 0.303 e. The predicted molar refractivity (Wildman–Crippen MR) is 84.5 cm³/mol. The van der Waals surface area contributed by atoms with Gasteiger partial charge in [0, 0.05) is 6.42 Å². The maximum Gasteiger partial charge on any atom is 0.303 e. The second-order valence-corrected chi connectivity index (χ2v) is 5.53. The molecule has 1 aromatic carbocycles. The molecule has 21 heavy (non-hydrogen) atoms. The number of carboxylic acid groups (broad SMARTS) is 1. The van der Waals surface area contributed by atoms with Gasteiger partial charge in [-0.05, 0) is 49.4 Å². The summed E-state index contributed by atoms with van der Waals surface area (Å²) in [5.41, 5.74) is 2.25. The molecule has 0 aliphatic carbocycles. The lowest BCUT2D eigenvalue weighted by Gasteiger charge is -2.14. The highest BCUT2D eigenvalue weighted by atomic mass is 16.4. The summed E-state index contributed by atoms with van der Waals surface area (Å²) in [5.74, 6) is -0.217. The van der Waals surface area contributed by atoms with Crippen LogP contribution in [0.15, 0.2) is 24.3 Å². The molecular weight excluding hydrogens is 266 g/mol. The lowest BCUT2D eigenvalue weighted by Crippen LogP contribution is -2.19. The van der Waals surface area contributed by atoms with Crippen molar-refractivity contribution in [2.75, 3.05) is 13.1 Å². The van der Waals surface area contributed by atoms with Gasteiger partial charge in [0.2, 0.25) is 0 Å². The normalized spacial score (nSPS) is 13.9. The predicted octanol–water partition coefficient (Wildman–Crippen LogP) is 3.08. The average molecular weight is 293 g/mol. The number of aliphatic hydroxyl groups excluding tert-OH is 1. The van der Waals surface area contributed by atoms with E-state index in [1.54, 1.807) is 0 Å². The second kappa shape index (κ2) is 9.53. The van der Waals surface area contributed by atoms with Gasteiger partial charge < -0.3 is 15.5 Å². The first-order chi connectivity index (χ1) is 10.0. The summed E-state index contributed by atoms with van der Waals surface area (Å²) in [6, 6.07) is 8.17. The molecule has 1 rings (SSSR count). The number of hydrogen-bond acceptors (Lipinski definition) is 3. The van der Waals surface area contributed by atoms with Gasteiger partial charge >= 0.3 is 5.97 Å². The van der Waals surface area contributed by atoms with Crippen molar-refractivity contribution in [1.82, 2.24) is 5.32 Å². The highest BCUT2D eigenvalue weighted by Crippen LogP contribution is 2.22. The molecule has 0 fully saturated rings. The van der Waals surface area contributed by atoms with E-state index in [0.29, 0.717) is 31.8 Å². The molecule has 0 aliphatic rings. The van der Waals surface area contributed by atoms with Crippen molar-refractivity contribution in [2.24, 2.45) is 0 Å². The number of benzene rings is 1. The van der Waals surface area contributed by atoms with Crippen LogP contribution in [0.3, 0.4) is 0 Å². The Bertz CT molecular complexity index is 417. The van der Waals surface area contributed by atoms with Gasteiger partial charge in [-0.2, -0.15) is 0 Å². The van der Waals surface area contributed by atoms with Crippen molar-refractivity contribution in [3.8, 4) is 0 Å². The van der Waals surface area contributed by atoms with Crippen LogP contribution in [-0.2, 0) is 4.79 Å². The number of carbonyl (C=O) groups is 1. The fourth-order valence-electron chi connectivity index (χ4n) is 2.18. The summed E-state index contributed by atoms with van der Waals surface area (Å²) in [6.45, 7) is 5.73. The molecule has 0 bridgehead atoms. The molecule has 0 amide bonds. The minimum Gasteiger partial charge on any atom is -0.481 e. The molecule has 0 radical (unpaired) electrons. The Morgan fingerprint density at radius 1 is 1.19 bits per heavy atom. The monoisotopic (exact) mass is 293 g/mol. The molecule has 0 aromatic heterocycles. The Kier molecular flexibility index (Phi) is 8.01. The first-order valence-electron chi connectivity index (χ1n) is 7.75. The number of aliphatic hydroxyl groups is 1. The number of nitrogens with one attached hydrogen (secondary N) is 1. The third-order valence-corrected chi connectivity index (χ3v) is 3.84. The van der Waals surface area contributed by atoms with Gasteiger partial charge in [0.25, 0.3) is 0 Å². The van der Waals surface area contributed by atoms with Crippen LogP contribution in [0, 0.1) is 0 Å². The number of aliphatic carboxylic acids is 1. The summed E-state index contributed by atoms with van der Waals surface area (Å²) < 4.78 is 0. The largest absolute Gasteiger partial charge is 0.481 e. The molecule has 2 atom stereocenters. The van der Waals surface area contributed by atoms with Crippen LogP contribution in [0.4, 0.5) is 0 Å². The Balaban J connectivity index is 2.28. The first kappa shape index (κ1) is 17.7. The topological polar surface area (TPSA) is 69.6 Å². The van der Waals surface area contributed by atoms with Crippen LogP contribution in [0.5, 0.6) is 0 Å². The zero-order chi connectivity index (χ0) is 15.7. The minimum absolute atomic E-state index is 0.187. The number of carboxylic acids is 1. The molecule has 0 aliphatic heterocycles. The van der Waals surface area contributed by atoms with Crippen molar-refractivity contribution in [3.05, 3.63) is 35.4 Å². The average Bonchev–Trinajstić information content (AvgIpc) is 2.49. The van der Waals surface area contributed by atoms with Crippen molar-refractivity contribution in [3.63, 3.8) is 0 Å². The van der Waals surface area contributed by atoms with Crippen LogP contribution in [0.25, 0.3) is 0 Å². The Labute approximate surface area is 127 Å². The van der Waals surface area contributed by atoms with Gasteiger partial charge in [0.1, 0.15) is 0 Å². The summed E-state index contributed by atoms with van der Waals surface area (Å²) in [7, 11) is 0. The fraction of sp³-hybridized carbons (Fsp3) is 0.588. The SMILES string of the molecule is CCC(C)c1ccc(C(O)CCNCCCC(=O)O)cc1. The van der Waals surface area contributed by atoms with Crippen LogP contribution in [-0.4, -0.2) is 29.3 Å². The maximum atomic E-state index is 10.4. The van der Waals surface area contributed by atoms with E-state index in [4.69, 9.17) is 5.11 Å². The standard InChI is InChI=1S/C17H27NO3/c1-3-13(2)14-6-8-15(9-7-14)16(19)10-12-18-11-4-5-17(20)21/h6-9,13,16,18-19H,3-5,10-12H2,1-2H3,(H,20,21). The number of rotatable bonds is 10. The molecule has 0 saturated heterocycles. The third kappa shape index (κ3) is 6.74. The van der Waals surface area contributed by atoms with E-state index < -0.39 is 12.1 Å². The molecular formula is C17H27NO3. The molecule has 3 N–H and O–H groups in total. The summed E-state index contributed by atoms with van der Waals surface area (Å²) >= 11 is 0. The van der Waals surface area contributed by atoms with Gasteiger partial charge in [-0.15, -0.1) is 0 Å². The van der Waals surface area contributed by atoms with Crippen LogP contribution >= 0.6 is 0 Å². The van der Waals surface area contributed by atoms with Crippen LogP contribution < -0.4 is 5.32 Å². The van der Waals surface area contributed by atoms with Gasteiger partial charge in [-0.1, -0.05) is 38.1 Å². The van der Waals surface area contributed by atoms with E-state index in [2.05, 4.69) is 31.3 Å². The van der Waals surface area contributed by atoms with E-state index in [1.807, 2.05) is 12.1 Å². The van der Waals surface area contributed by atoms with Gasteiger partial charge in [0.15, 0.2) is 0 Å². The molecule has 0 saturated carbocycles. The molecule has 4 nitrogen and oxygen atoms in total. The summed E-state index contributed by atoms with van der Waals surface area (Å²) in [5, 5.41) is 21.8. The first-order valence-corrected chi connectivity index (χ1v) is 7.75. The lowest BCUT2D eigenvalue weighted by molar-refractivity contribution is -0.137. The van der Waals surface area contributed by atoms with E-state index >= 15 is 0 Å². The highest BCUT2D eigenvalue weighted by Gasteiger charge is 2.08. The summed E-state index contributed by atoms with van der Waals surface area (Å²) in [4.78, 5) is 10.4. The van der Waals surface area contributed by atoms with Gasteiger partial charge in [-0.25, -0.2) is 0 Å². The zero-order valence-electron chi connectivity index (χ0n) is 13.0. The molecule has 2 unspecified atom stereocenters. The van der Waals surface area contributed by atoms with Crippen molar-refractivity contribution < 1.29 is 15.0 Å². The quantitative estimate of drug-likeness (QED) is 0.580. The molecule has 4 heteroatoms. The van der Waals surface area contributed by atoms with E-state index in [0.717, 1.165) is 12.0 Å². The van der Waals surface area contributed by atoms with Crippen LogP contribution in [0.2, 0.25) is 0 Å². The third-order valence-electron chi connectivity index (χ3n) is 3.84. The highest BCUT2D eigenvalue weighted by molar-refractivity contribution is 5.66. The molecule has 0 heterocycles. The van der Waals surface area contributed by atoms with E-state index in [1.165, 1.54) is 5.56 Å². The fourth-order valence-corrected chi connectivity index (χ4v) is 2.18. The Morgan fingerprint density at radius 3 is 2.38 bits per heavy atom. The molecule has 0 spiro atoms. The van der Waals surface area contributed by atoms with Crippen molar-refractivity contribution in [1.29, 1.82) is 0 Å². The molecule has 1 aromatic rings. The maximum absolute atomic E-state index is 10.4. The van der Waals surface area contributed by atoms with Crippen molar-refractivity contribution in [2.45, 2.75) is 51.6 Å². The lowest BCUT2D eigenvalue weighted by atomic mass is 9.96. The zero-order valence-corrected chi connectivity index (χ0v) is 13.0. The summed E-state index contributed by atoms with van der Waals surface area (Å²) in [6.07, 6.45) is 2.09. The Morgan fingerprint density at radius 2 is 1.81 bits per heavy atom. The molecule has 118 valence electrons. The Hall–Kier alpha value is -1.39. The van der Waals surface area contributed by atoms with Crippen LogP contribution in [0.1, 0.15) is 62.7 Å². The van der Waals surface area contributed by atoms with Gasteiger partial charge in [-0.3, -0.25) is 4.79 Å². The minimum atomic E-state index is -0.766. The second-order valence-electron chi connectivity index (χ2n) is 5.53. The van der Waals surface area contributed by atoms with E-state index in [-0.39, 0.29) is 6.42 Å². The van der Waals surface area contributed by atoms with E-state index in [9.17, 15) is 9.90 Å².